The molecule has 0 radical (unpaired) electrons. The van der Waals surface area contributed by atoms with Gasteiger partial charge in [-0.3, -0.25) is 0 Å². The SMILES string of the molecule is [N-]=[N+]=C1C=C(Cl)C=CC1. The Morgan fingerprint density at radius 1 is 1.67 bits per heavy atom. The summed E-state index contributed by atoms with van der Waals surface area (Å²) in [5, 5.41) is 0.606. The van der Waals surface area contributed by atoms with Gasteiger partial charge in [-0.1, -0.05) is 17.7 Å². The zero-order valence-corrected chi connectivity index (χ0v) is 5.47. The van der Waals surface area contributed by atoms with Gasteiger partial charge in [0.1, 0.15) is 0 Å². The van der Waals surface area contributed by atoms with Gasteiger partial charge in [0.05, 0.1) is 6.42 Å². The van der Waals surface area contributed by atoms with E-state index in [1.54, 1.807) is 12.2 Å². The highest BCUT2D eigenvalue weighted by Crippen LogP contribution is 2.09. The van der Waals surface area contributed by atoms with Crippen LogP contribution in [0.25, 0.3) is 5.53 Å². The maximum Gasteiger partial charge on any atom is 0.297 e. The smallest absolute Gasteiger partial charge is 0.297 e. The zero-order valence-electron chi connectivity index (χ0n) is 4.71. The Balaban J connectivity index is 2.90. The first kappa shape index (κ1) is 6.27. The third kappa shape index (κ3) is 1.53. The van der Waals surface area contributed by atoms with Crippen LogP contribution < -0.4 is 0 Å². The molecular weight excluding hydrogens is 136 g/mol. The lowest BCUT2D eigenvalue weighted by Gasteiger charge is -1.91. The quantitative estimate of drug-likeness (QED) is 0.363. The Morgan fingerprint density at radius 2 is 2.44 bits per heavy atom. The molecule has 0 N–H and O–H groups in total. The van der Waals surface area contributed by atoms with Crippen LogP contribution in [0.2, 0.25) is 0 Å². The Labute approximate surface area is 58.1 Å². The van der Waals surface area contributed by atoms with E-state index in [0.717, 1.165) is 0 Å². The normalized spacial score (nSPS) is 17.0. The van der Waals surface area contributed by atoms with Gasteiger partial charge in [-0.25, -0.2) is 0 Å². The van der Waals surface area contributed by atoms with Gasteiger partial charge in [-0.05, 0) is 6.08 Å². The van der Waals surface area contributed by atoms with Crippen LogP contribution in [0.4, 0.5) is 0 Å². The Kier molecular flexibility index (Phi) is 1.83. The van der Waals surface area contributed by atoms with Gasteiger partial charge in [0.25, 0.3) is 5.71 Å². The molecule has 0 fully saturated rings. The Morgan fingerprint density at radius 3 is 2.89 bits per heavy atom. The molecule has 3 heteroatoms. The van der Waals surface area contributed by atoms with Gasteiger partial charge in [0, 0.05) is 11.1 Å². The van der Waals surface area contributed by atoms with Gasteiger partial charge in [0.15, 0.2) is 0 Å². The highest BCUT2D eigenvalue weighted by atomic mass is 35.5. The molecule has 1 aliphatic carbocycles. The maximum atomic E-state index is 8.26. The van der Waals surface area contributed by atoms with Crippen LogP contribution in [0, 0.1) is 0 Å². The van der Waals surface area contributed by atoms with Gasteiger partial charge in [-0.2, -0.15) is 4.79 Å². The van der Waals surface area contributed by atoms with E-state index in [9.17, 15) is 0 Å². The van der Waals surface area contributed by atoms with Crippen molar-refractivity contribution in [2.24, 2.45) is 0 Å². The van der Waals surface area contributed by atoms with Gasteiger partial charge in [-0.15, -0.1) is 0 Å². The van der Waals surface area contributed by atoms with Crippen LogP contribution in [0.15, 0.2) is 23.3 Å². The van der Waals surface area contributed by atoms with Crippen LogP contribution in [-0.4, -0.2) is 10.5 Å². The summed E-state index contributed by atoms with van der Waals surface area (Å²) in [6.07, 6.45) is 5.90. The van der Waals surface area contributed by atoms with E-state index < -0.39 is 0 Å². The standard InChI is InChI=1S/C6H5ClN2/c7-5-2-1-3-6(4-5)9-8/h1-2,4H,3H2. The minimum Gasteiger partial charge on any atom is -0.361 e. The van der Waals surface area contributed by atoms with Crippen molar-refractivity contribution < 1.29 is 4.79 Å². The lowest BCUT2D eigenvalue weighted by Crippen LogP contribution is -1.96. The lowest BCUT2D eigenvalue weighted by molar-refractivity contribution is -0.00539. The number of halogens is 1. The summed E-state index contributed by atoms with van der Waals surface area (Å²) in [5.74, 6) is 0. The summed E-state index contributed by atoms with van der Waals surface area (Å²) in [4.78, 5) is 3.00. The lowest BCUT2D eigenvalue weighted by atomic mass is 10.2. The molecule has 0 heterocycles. The molecule has 9 heavy (non-hydrogen) atoms. The minimum atomic E-state index is 0.600. The molecule has 0 bridgehead atoms. The largest absolute Gasteiger partial charge is 0.361 e. The number of allylic oxidation sites excluding steroid dienone is 4. The van der Waals surface area contributed by atoms with E-state index in [1.165, 1.54) is 0 Å². The van der Waals surface area contributed by atoms with Crippen LogP contribution in [0.5, 0.6) is 0 Å². The Bertz CT molecular complexity index is 221. The molecule has 0 aliphatic heterocycles. The summed E-state index contributed by atoms with van der Waals surface area (Å²) in [6.45, 7) is 0. The number of rotatable bonds is 0. The van der Waals surface area contributed by atoms with E-state index in [2.05, 4.69) is 4.79 Å². The van der Waals surface area contributed by atoms with E-state index in [0.29, 0.717) is 17.2 Å². The van der Waals surface area contributed by atoms with E-state index in [4.69, 9.17) is 17.1 Å². The molecule has 0 aromatic rings. The molecule has 0 aromatic heterocycles. The maximum absolute atomic E-state index is 8.26. The van der Waals surface area contributed by atoms with Crippen molar-refractivity contribution in [1.29, 1.82) is 0 Å². The topological polar surface area (TPSA) is 36.4 Å². The molecule has 1 aliphatic rings. The first-order chi connectivity index (χ1) is 4.33. The van der Waals surface area contributed by atoms with Crippen LogP contribution >= 0.6 is 11.6 Å². The molecule has 1 rings (SSSR count). The molecule has 46 valence electrons. The summed E-state index contributed by atoms with van der Waals surface area (Å²) in [6, 6.07) is 0. The molecule has 0 unspecified atom stereocenters. The van der Waals surface area contributed by atoms with Crippen molar-refractivity contribution in [3.8, 4) is 0 Å². The van der Waals surface area contributed by atoms with Crippen molar-refractivity contribution in [3.63, 3.8) is 0 Å². The molecule has 0 atom stereocenters. The van der Waals surface area contributed by atoms with Crippen molar-refractivity contribution >= 4 is 17.3 Å². The first-order valence-electron chi connectivity index (χ1n) is 2.57. The molecule has 0 amide bonds. The van der Waals surface area contributed by atoms with Crippen molar-refractivity contribution in [1.82, 2.24) is 0 Å². The average Bonchev–Trinajstić information content (AvgIpc) is 1.88. The van der Waals surface area contributed by atoms with Crippen LogP contribution in [-0.2, 0) is 0 Å². The monoisotopic (exact) mass is 140 g/mol. The highest BCUT2D eigenvalue weighted by molar-refractivity contribution is 6.33. The second-order valence-corrected chi connectivity index (χ2v) is 2.16. The number of hydrogen-bond donors (Lipinski definition) is 0. The summed E-state index contributed by atoms with van der Waals surface area (Å²) >= 11 is 5.57. The second-order valence-electron chi connectivity index (χ2n) is 1.73. The fourth-order valence-corrected chi connectivity index (χ4v) is 0.843. The van der Waals surface area contributed by atoms with Crippen molar-refractivity contribution in [2.45, 2.75) is 6.42 Å². The summed E-state index contributed by atoms with van der Waals surface area (Å²) in [5.41, 5.74) is 8.86. The van der Waals surface area contributed by atoms with Crippen LogP contribution in [0.3, 0.4) is 0 Å². The van der Waals surface area contributed by atoms with Crippen molar-refractivity contribution in [3.05, 3.63) is 28.8 Å². The molecular formula is C6H5ClN2. The molecule has 0 saturated carbocycles. The molecule has 0 saturated heterocycles. The average molecular weight is 141 g/mol. The third-order valence-electron chi connectivity index (χ3n) is 1.04. The predicted octanol–water partition coefficient (Wildman–Crippen LogP) is 1.74. The fraction of sp³-hybridized carbons (Fsp3) is 0.167. The number of nitrogens with zero attached hydrogens (tertiary/aromatic N) is 2. The molecule has 0 aromatic carbocycles. The van der Waals surface area contributed by atoms with Gasteiger partial charge < -0.3 is 5.53 Å². The Hall–Kier alpha value is -0.850. The molecule has 0 spiro atoms. The van der Waals surface area contributed by atoms with E-state index in [-0.39, 0.29) is 0 Å². The minimum absolute atomic E-state index is 0.600. The first-order valence-corrected chi connectivity index (χ1v) is 2.95. The van der Waals surface area contributed by atoms with E-state index >= 15 is 0 Å². The summed E-state index contributed by atoms with van der Waals surface area (Å²) in [7, 11) is 0. The fourth-order valence-electron chi connectivity index (χ4n) is 0.628. The highest BCUT2D eigenvalue weighted by Gasteiger charge is 2.05. The summed E-state index contributed by atoms with van der Waals surface area (Å²) < 4.78 is 0. The predicted molar refractivity (Wildman–Crippen MR) is 36.3 cm³/mol. The van der Waals surface area contributed by atoms with Gasteiger partial charge >= 0.3 is 0 Å². The molecule has 2 nitrogen and oxygen atoms in total. The third-order valence-corrected chi connectivity index (χ3v) is 1.27. The van der Waals surface area contributed by atoms with Crippen LogP contribution in [0.1, 0.15) is 6.42 Å². The van der Waals surface area contributed by atoms with Crippen molar-refractivity contribution in [2.75, 3.05) is 0 Å². The number of hydrogen-bond acceptors (Lipinski definition) is 0. The zero-order chi connectivity index (χ0) is 6.69. The van der Waals surface area contributed by atoms with Gasteiger partial charge in [0.2, 0.25) is 0 Å². The van der Waals surface area contributed by atoms with E-state index in [1.807, 2.05) is 6.08 Å². The second kappa shape index (κ2) is 2.62.